The molecular formula is C22H26N2O2. The van der Waals surface area contributed by atoms with E-state index < -0.39 is 6.04 Å². The van der Waals surface area contributed by atoms with Crippen LogP contribution in [0.15, 0.2) is 60.7 Å². The summed E-state index contributed by atoms with van der Waals surface area (Å²) in [5.74, 6) is 0.324. The Morgan fingerprint density at radius 3 is 2.38 bits per heavy atom. The van der Waals surface area contributed by atoms with Crippen molar-refractivity contribution in [2.75, 3.05) is 13.1 Å². The summed E-state index contributed by atoms with van der Waals surface area (Å²) in [6, 6.07) is 18.4. The van der Waals surface area contributed by atoms with Crippen LogP contribution in [0.4, 0.5) is 0 Å². The third kappa shape index (κ3) is 4.72. The molecule has 1 heterocycles. The lowest BCUT2D eigenvalue weighted by Crippen LogP contribution is -2.52. The standard InChI is InChI=1S/C22H26N2O2/c1-17-9-8-14-24(16-17)22(26)20(15-18-10-4-2-5-11-18)23-21(25)19-12-6-3-7-13-19/h2-7,10-13,17,20H,8-9,14-16H2,1H3,(H,23,25)/t17-,20+/m1/s1. The second-order valence-electron chi connectivity index (χ2n) is 7.11. The van der Waals surface area contributed by atoms with Crippen molar-refractivity contribution in [3.8, 4) is 0 Å². The maximum atomic E-state index is 13.1. The first kappa shape index (κ1) is 18.2. The average Bonchev–Trinajstić information content (AvgIpc) is 2.68. The lowest BCUT2D eigenvalue weighted by Gasteiger charge is -2.34. The van der Waals surface area contributed by atoms with E-state index >= 15 is 0 Å². The highest BCUT2D eigenvalue weighted by Crippen LogP contribution is 2.17. The SMILES string of the molecule is C[C@@H]1CCCN(C(=O)[C@H](Cc2ccccc2)NC(=O)c2ccccc2)C1. The van der Waals surface area contributed by atoms with Crippen molar-refractivity contribution in [2.45, 2.75) is 32.2 Å². The van der Waals surface area contributed by atoms with Gasteiger partial charge >= 0.3 is 0 Å². The van der Waals surface area contributed by atoms with Gasteiger partial charge in [-0.2, -0.15) is 0 Å². The molecule has 0 spiro atoms. The van der Waals surface area contributed by atoms with E-state index in [-0.39, 0.29) is 11.8 Å². The average molecular weight is 350 g/mol. The van der Waals surface area contributed by atoms with Gasteiger partial charge < -0.3 is 10.2 Å². The summed E-state index contributed by atoms with van der Waals surface area (Å²) < 4.78 is 0. The summed E-state index contributed by atoms with van der Waals surface area (Å²) in [5, 5.41) is 2.96. The van der Waals surface area contributed by atoms with E-state index in [0.29, 0.717) is 17.9 Å². The zero-order valence-electron chi connectivity index (χ0n) is 15.2. The minimum absolute atomic E-state index is 0.0182. The predicted octanol–water partition coefficient (Wildman–Crippen LogP) is 3.29. The Hall–Kier alpha value is -2.62. The van der Waals surface area contributed by atoms with Gasteiger partial charge in [-0.05, 0) is 36.5 Å². The van der Waals surface area contributed by atoms with Crippen LogP contribution in [0.1, 0.15) is 35.7 Å². The number of carbonyl (C=O) groups excluding carboxylic acids is 2. The van der Waals surface area contributed by atoms with E-state index in [4.69, 9.17) is 0 Å². The second kappa shape index (κ2) is 8.65. The fourth-order valence-electron chi connectivity index (χ4n) is 3.49. The fraction of sp³-hybridized carbons (Fsp3) is 0.364. The second-order valence-corrected chi connectivity index (χ2v) is 7.11. The van der Waals surface area contributed by atoms with E-state index in [1.165, 1.54) is 0 Å². The number of hydrogen-bond donors (Lipinski definition) is 1. The monoisotopic (exact) mass is 350 g/mol. The Labute approximate surface area is 155 Å². The largest absolute Gasteiger partial charge is 0.341 e. The van der Waals surface area contributed by atoms with Gasteiger partial charge in [-0.25, -0.2) is 0 Å². The van der Waals surface area contributed by atoms with Crippen LogP contribution in [0.2, 0.25) is 0 Å². The Bertz CT molecular complexity index is 730. The van der Waals surface area contributed by atoms with Gasteiger partial charge in [-0.3, -0.25) is 9.59 Å². The first-order chi connectivity index (χ1) is 12.6. The highest BCUT2D eigenvalue weighted by Gasteiger charge is 2.29. The zero-order valence-corrected chi connectivity index (χ0v) is 15.2. The van der Waals surface area contributed by atoms with Crippen molar-refractivity contribution >= 4 is 11.8 Å². The Morgan fingerprint density at radius 1 is 1.08 bits per heavy atom. The predicted molar refractivity (Wildman–Crippen MR) is 103 cm³/mol. The normalized spacial score (nSPS) is 18.2. The molecule has 3 rings (SSSR count). The summed E-state index contributed by atoms with van der Waals surface area (Å²) in [6.07, 6.45) is 2.68. The highest BCUT2D eigenvalue weighted by atomic mass is 16.2. The number of likely N-dealkylation sites (tertiary alicyclic amines) is 1. The quantitative estimate of drug-likeness (QED) is 0.900. The molecule has 0 saturated carbocycles. The summed E-state index contributed by atoms with van der Waals surface area (Å²) in [7, 11) is 0. The van der Waals surface area contributed by atoms with Crippen LogP contribution >= 0.6 is 0 Å². The van der Waals surface area contributed by atoms with Crippen LogP contribution < -0.4 is 5.32 Å². The molecule has 136 valence electrons. The lowest BCUT2D eigenvalue weighted by atomic mass is 9.98. The maximum Gasteiger partial charge on any atom is 0.251 e. The van der Waals surface area contributed by atoms with Gasteiger partial charge in [0.2, 0.25) is 5.91 Å². The van der Waals surface area contributed by atoms with E-state index in [1.54, 1.807) is 12.1 Å². The molecule has 0 radical (unpaired) electrons. The van der Waals surface area contributed by atoms with Gasteiger partial charge in [0.05, 0.1) is 0 Å². The van der Waals surface area contributed by atoms with Crippen LogP contribution in [0.5, 0.6) is 0 Å². The minimum atomic E-state index is -0.546. The molecule has 2 amide bonds. The summed E-state index contributed by atoms with van der Waals surface area (Å²) in [4.78, 5) is 27.7. The van der Waals surface area contributed by atoms with E-state index in [2.05, 4.69) is 12.2 Å². The van der Waals surface area contributed by atoms with Gasteiger partial charge in [-0.15, -0.1) is 0 Å². The van der Waals surface area contributed by atoms with Crippen molar-refractivity contribution in [3.63, 3.8) is 0 Å². The summed E-state index contributed by atoms with van der Waals surface area (Å²) in [6.45, 7) is 3.72. The molecule has 4 nitrogen and oxygen atoms in total. The fourth-order valence-corrected chi connectivity index (χ4v) is 3.49. The van der Waals surface area contributed by atoms with E-state index in [1.807, 2.05) is 53.4 Å². The first-order valence-electron chi connectivity index (χ1n) is 9.32. The number of hydrogen-bond acceptors (Lipinski definition) is 2. The third-order valence-corrected chi connectivity index (χ3v) is 4.89. The van der Waals surface area contributed by atoms with Gasteiger partial charge in [0.1, 0.15) is 6.04 Å². The zero-order chi connectivity index (χ0) is 18.4. The van der Waals surface area contributed by atoms with Crippen LogP contribution in [0.3, 0.4) is 0 Å². The molecule has 1 aliphatic rings. The molecule has 0 aromatic heterocycles. The van der Waals surface area contributed by atoms with Crippen molar-refractivity contribution in [2.24, 2.45) is 5.92 Å². The van der Waals surface area contributed by atoms with Gasteiger partial charge in [0, 0.05) is 25.1 Å². The Kier molecular flexibility index (Phi) is 6.05. The van der Waals surface area contributed by atoms with E-state index in [0.717, 1.165) is 31.5 Å². The van der Waals surface area contributed by atoms with Crippen molar-refractivity contribution < 1.29 is 9.59 Å². The Balaban J connectivity index is 1.76. The molecule has 1 saturated heterocycles. The van der Waals surface area contributed by atoms with Crippen molar-refractivity contribution in [1.82, 2.24) is 10.2 Å². The number of rotatable bonds is 5. The molecule has 1 fully saturated rings. The molecule has 0 bridgehead atoms. The number of amides is 2. The molecule has 1 aliphatic heterocycles. The molecule has 2 aromatic rings. The number of nitrogens with zero attached hydrogens (tertiary/aromatic N) is 1. The van der Waals surface area contributed by atoms with Gasteiger partial charge in [0.25, 0.3) is 5.91 Å². The van der Waals surface area contributed by atoms with Gasteiger partial charge in [0.15, 0.2) is 0 Å². The van der Waals surface area contributed by atoms with Gasteiger partial charge in [-0.1, -0.05) is 55.5 Å². The van der Waals surface area contributed by atoms with Crippen LogP contribution in [0.25, 0.3) is 0 Å². The highest BCUT2D eigenvalue weighted by molar-refractivity contribution is 5.97. The van der Waals surface area contributed by atoms with Crippen LogP contribution in [-0.2, 0) is 11.2 Å². The minimum Gasteiger partial charge on any atom is -0.341 e. The molecule has 26 heavy (non-hydrogen) atoms. The lowest BCUT2D eigenvalue weighted by molar-refractivity contribution is -0.134. The Morgan fingerprint density at radius 2 is 1.73 bits per heavy atom. The van der Waals surface area contributed by atoms with E-state index in [9.17, 15) is 9.59 Å². The number of benzene rings is 2. The summed E-state index contributed by atoms with van der Waals surface area (Å²) >= 11 is 0. The van der Waals surface area contributed by atoms with Crippen LogP contribution in [-0.4, -0.2) is 35.8 Å². The van der Waals surface area contributed by atoms with Crippen molar-refractivity contribution in [1.29, 1.82) is 0 Å². The van der Waals surface area contributed by atoms with Crippen molar-refractivity contribution in [3.05, 3.63) is 71.8 Å². The smallest absolute Gasteiger partial charge is 0.251 e. The molecule has 2 aromatic carbocycles. The number of piperidine rings is 1. The topological polar surface area (TPSA) is 49.4 Å². The third-order valence-electron chi connectivity index (χ3n) is 4.89. The molecule has 4 heteroatoms. The van der Waals surface area contributed by atoms with Crippen LogP contribution in [0, 0.1) is 5.92 Å². The summed E-state index contributed by atoms with van der Waals surface area (Å²) in [5.41, 5.74) is 1.62. The first-order valence-corrected chi connectivity index (χ1v) is 9.32. The molecule has 0 aliphatic carbocycles. The molecule has 0 unspecified atom stereocenters. The number of carbonyl (C=O) groups is 2. The maximum absolute atomic E-state index is 13.1. The number of nitrogens with one attached hydrogen (secondary N) is 1. The molecule has 2 atom stereocenters. The molecular weight excluding hydrogens is 324 g/mol. The molecule has 1 N–H and O–H groups in total.